The van der Waals surface area contributed by atoms with Crippen molar-refractivity contribution in [3.05, 3.63) is 57.6 Å². The number of esters is 1. The van der Waals surface area contributed by atoms with Gasteiger partial charge in [0, 0.05) is 5.69 Å². The van der Waals surface area contributed by atoms with Crippen LogP contribution in [0.25, 0.3) is 6.08 Å². The van der Waals surface area contributed by atoms with E-state index in [9.17, 15) is 14.9 Å². The lowest BCUT2D eigenvalue weighted by molar-refractivity contribution is -0.145. The fourth-order valence-electron chi connectivity index (χ4n) is 2.32. The molecule has 0 unspecified atom stereocenters. The summed E-state index contributed by atoms with van der Waals surface area (Å²) in [6.45, 7) is 1.68. The summed E-state index contributed by atoms with van der Waals surface area (Å²) in [5.74, 6) is -0.469. The molecule has 2 aromatic rings. The molecule has 0 heterocycles. The number of amides is 1. The van der Waals surface area contributed by atoms with Crippen molar-refractivity contribution in [3.8, 4) is 17.6 Å². The zero-order valence-corrected chi connectivity index (χ0v) is 17.7. The molecule has 156 valence electrons. The molecule has 0 saturated heterocycles. The topological polar surface area (TPSA) is 97.7 Å². The third kappa shape index (κ3) is 6.41. The Morgan fingerprint density at radius 3 is 2.53 bits per heavy atom. The van der Waals surface area contributed by atoms with Crippen molar-refractivity contribution in [2.24, 2.45) is 0 Å². The molecule has 0 spiro atoms. The summed E-state index contributed by atoms with van der Waals surface area (Å²) >= 11 is 11.8. The number of carbonyl (C=O) groups is 2. The van der Waals surface area contributed by atoms with Crippen LogP contribution in [0.2, 0.25) is 10.0 Å². The van der Waals surface area contributed by atoms with E-state index < -0.39 is 11.9 Å². The maximum atomic E-state index is 12.4. The van der Waals surface area contributed by atoms with Crippen LogP contribution in [0.4, 0.5) is 5.69 Å². The molecule has 7 nitrogen and oxygen atoms in total. The van der Waals surface area contributed by atoms with Crippen molar-refractivity contribution in [2.45, 2.75) is 6.92 Å². The van der Waals surface area contributed by atoms with Crippen LogP contribution < -0.4 is 14.8 Å². The van der Waals surface area contributed by atoms with Gasteiger partial charge in [-0.15, -0.1) is 0 Å². The van der Waals surface area contributed by atoms with Crippen molar-refractivity contribution in [1.29, 1.82) is 5.26 Å². The minimum Gasteiger partial charge on any atom is -0.493 e. The molecule has 30 heavy (non-hydrogen) atoms. The number of halogens is 2. The van der Waals surface area contributed by atoms with E-state index in [0.29, 0.717) is 27.8 Å². The minimum absolute atomic E-state index is 0.136. The zero-order chi connectivity index (χ0) is 22.1. The van der Waals surface area contributed by atoms with Crippen molar-refractivity contribution in [1.82, 2.24) is 0 Å². The van der Waals surface area contributed by atoms with Gasteiger partial charge in [-0.05, 0) is 48.9 Å². The van der Waals surface area contributed by atoms with Crippen LogP contribution in [-0.4, -0.2) is 32.2 Å². The highest BCUT2D eigenvalue weighted by Crippen LogP contribution is 2.29. The second-order valence-corrected chi connectivity index (χ2v) is 6.57. The third-order valence-corrected chi connectivity index (χ3v) is 4.43. The Balaban J connectivity index is 2.17. The second kappa shape index (κ2) is 11.1. The lowest BCUT2D eigenvalue weighted by atomic mass is 10.1. The number of nitriles is 1. The van der Waals surface area contributed by atoms with Crippen LogP contribution in [0.15, 0.2) is 42.0 Å². The molecule has 0 aliphatic carbocycles. The van der Waals surface area contributed by atoms with Gasteiger partial charge in [0.2, 0.25) is 0 Å². The van der Waals surface area contributed by atoms with E-state index in [2.05, 4.69) is 5.32 Å². The molecule has 0 atom stereocenters. The number of methoxy groups -OCH3 is 1. The van der Waals surface area contributed by atoms with E-state index in [1.54, 1.807) is 31.2 Å². The molecule has 2 rings (SSSR count). The first-order valence-corrected chi connectivity index (χ1v) is 9.48. The molecule has 0 aliphatic heterocycles. The number of nitrogens with zero attached hydrogens (tertiary/aromatic N) is 1. The zero-order valence-electron chi connectivity index (χ0n) is 16.2. The average Bonchev–Trinajstić information content (AvgIpc) is 2.73. The molecular formula is C21H18Cl2N2O5. The van der Waals surface area contributed by atoms with Gasteiger partial charge in [-0.3, -0.25) is 4.79 Å². The van der Waals surface area contributed by atoms with Crippen molar-refractivity contribution < 1.29 is 23.8 Å². The Kier molecular flexibility index (Phi) is 8.54. The standard InChI is InChI=1S/C21H18Cl2N2O5/c1-3-29-20(26)12-30-18-7-4-13(9-19(18)28-2)8-14(11-24)21(27)25-15-5-6-16(22)17(23)10-15/h4-10H,3,12H2,1-2H3,(H,25,27)/b14-8+. The Morgan fingerprint density at radius 2 is 1.90 bits per heavy atom. The molecule has 0 bridgehead atoms. The van der Waals surface area contributed by atoms with E-state index in [4.69, 9.17) is 37.4 Å². The van der Waals surface area contributed by atoms with Crippen LogP contribution in [0.3, 0.4) is 0 Å². The van der Waals surface area contributed by atoms with Gasteiger partial charge in [0.05, 0.1) is 23.8 Å². The number of nitrogens with one attached hydrogen (secondary N) is 1. The first-order chi connectivity index (χ1) is 14.4. The normalized spacial score (nSPS) is 10.7. The minimum atomic E-state index is -0.613. The average molecular weight is 449 g/mol. The summed E-state index contributed by atoms with van der Waals surface area (Å²) in [4.78, 5) is 23.9. The summed E-state index contributed by atoms with van der Waals surface area (Å²) in [7, 11) is 1.43. The summed E-state index contributed by atoms with van der Waals surface area (Å²) < 4.78 is 15.5. The summed E-state index contributed by atoms with van der Waals surface area (Å²) in [5, 5.41) is 12.6. The van der Waals surface area contributed by atoms with Crippen molar-refractivity contribution >= 4 is 46.8 Å². The summed E-state index contributed by atoms with van der Waals surface area (Å²) in [6.07, 6.45) is 1.39. The molecule has 0 radical (unpaired) electrons. The van der Waals surface area contributed by atoms with E-state index in [1.165, 1.54) is 25.3 Å². The second-order valence-electron chi connectivity index (χ2n) is 5.76. The van der Waals surface area contributed by atoms with E-state index in [0.717, 1.165) is 0 Å². The van der Waals surface area contributed by atoms with Gasteiger partial charge in [0.1, 0.15) is 11.6 Å². The fourth-order valence-corrected chi connectivity index (χ4v) is 2.62. The van der Waals surface area contributed by atoms with Crippen molar-refractivity contribution in [3.63, 3.8) is 0 Å². The SMILES string of the molecule is CCOC(=O)COc1ccc(/C=C(\C#N)C(=O)Nc2ccc(Cl)c(Cl)c2)cc1OC. The Labute approximate surface area is 183 Å². The highest BCUT2D eigenvalue weighted by Gasteiger charge is 2.13. The number of rotatable bonds is 8. The molecular weight excluding hydrogens is 431 g/mol. The fraction of sp³-hybridized carbons (Fsp3) is 0.190. The van der Waals surface area contributed by atoms with Gasteiger partial charge >= 0.3 is 5.97 Å². The van der Waals surface area contributed by atoms with Gasteiger partial charge in [0.15, 0.2) is 18.1 Å². The number of benzene rings is 2. The van der Waals surface area contributed by atoms with Gasteiger partial charge in [0.25, 0.3) is 5.91 Å². The van der Waals surface area contributed by atoms with Crippen LogP contribution in [0.1, 0.15) is 12.5 Å². The number of anilines is 1. The molecule has 1 N–H and O–H groups in total. The van der Waals surface area contributed by atoms with Crippen molar-refractivity contribution in [2.75, 3.05) is 25.6 Å². The first-order valence-electron chi connectivity index (χ1n) is 8.72. The summed E-state index contributed by atoms with van der Waals surface area (Å²) in [6, 6.07) is 11.2. The number of hydrogen-bond acceptors (Lipinski definition) is 6. The Bertz CT molecular complexity index is 1010. The van der Waals surface area contributed by atoms with Gasteiger partial charge in [-0.2, -0.15) is 5.26 Å². The lowest BCUT2D eigenvalue weighted by Gasteiger charge is -2.11. The maximum absolute atomic E-state index is 12.4. The van der Waals surface area contributed by atoms with Crippen LogP contribution >= 0.6 is 23.2 Å². The quantitative estimate of drug-likeness (QED) is 0.362. The molecule has 2 aromatic carbocycles. The Hall–Kier alpha value is -3.21. The van der Waals surface area contributed by atoms with Gasteiger partial charge in [-0.1, -0.05) is 29.3 Å². The van der Waals surface area contributed by atoms with Gasteiger partial charge < -0.3 is 19.5 Å². The summed E-state index contributed by atoms with van der Waals surface area (Å²) in [5.41, 5.74) is 0.787. The predicted molar refractivity (Wildman–Crippen MR) is 114 cm³/mol. The highest BCUT2D eigenvalue weighted by molar-refractivity contribution is 6.42. The monoisotopic (exact) mass is 448 g/mol. The number of carbonyl (C=O) groups excluding carboxylic acids is 2. The molecule has 0 aliphatic rings. The lowest BCUT2D eigenvalue weighted by Crippen LogP contribution is -2.15. The number of hydrogen-bond donors (Lipinski definition) is 1. The molecule has 0 fully saturated rings. The molecule has 1 amide bonds. The van der Waals surface area contributed by atoms with Crippen LogP contribution in [0, 0.1) is 11.3 Å². The molecule has 0 saturated carbocycles. The first kappa shape index (κ1) is 23.1. The predicted octanol–water partition coefficient (Wildman–Crippen LogP) is 4.49. The van der Waals surface area contributed by atoms with Gasteiger partial charge in [-0.25, -0.2) is 4.79 Å². The van der Waals surface area contributed by atoms with Crippen LogP contribution in [0.5, 0.6) is 11.5 Å². The van der Waals surface area contributed by atoms with E-state index in [-0.39, 0.29) is 23.8 Å². The Morgan fingerprint density at radius 1 is 1.13 bits per heavy atom. The van der Waals surface area contributed by atoms with E-state index >= 15 is 0 Å². The number of ether oxygens (including phenoxy) is 3. The maximum Gasteiger partial charge on any atom is 0.344 e. The smallest absolute Gasteiger partial charge is 0.344 e. The third-order valence-electron chi connectivity index (χ3n) is 3.69. The molecule has 0 aromatic heterocycles. The van der Waals surface area contributed by atoms with Crippen LogP contribution in [-0.2, 0) is 14.3 Å². The largest absolute Gasteiger partial charge is 0.493 e. The highest BCUT2D eigenvalue weighted by atomic mass is 35.5. The van der Waals surface area contributed by atoms with E-state index in [1.807, 2.05) is 6.07 Å². The molecule has 9 heteroatoms.